The number of hydrogen-bond acceptors (Lipinski definition) is 4. The van der Waals surface area contributed by atoms with Gasteiger partial charge in [-0.05, 0) is 42.8 Å². The number of carbonyl (C=O) groups excluding carboxylic acids is 1. The fraction of sp³-hybridized carbons (Fsp3) is 0.158. The van der Waals surface area contributed by atoms with E-state index in [9.17, 15) is 4.79 Å². The molecule has 1 amide bonds. The number of methoxy groups -OCH3 is 1. The van der Waals surface area contributed by atoms with Crippen molar-refractivity contribution in [2.24, 2.45) is 5.10 Å². The van der Waals surface area contributed by atoms with E-state index >= 15 is 0 Å². The van der Waals surface area contributed by atoms with Gasteiger partial charge in [-0.3, -0.25) is 4.79 Å². The van der Waals surface area contributed by atoms with Gasteiger partial charge >= 0.3 is 0 Å². The average molecular weight is 324 g/mol. The molecule has 0 saturated heterocycles. The highest BCUT2D eigenvalue weighted by atomic mass is 16.5. The Labute approximate surface area is 141 Å². The van der Waals surface area contributed by atoms with E-state index in [-0.39, 0.29) is 12.5 Å². The summed E-state index contributed by atoms with van der Waals surface area (Å²) in [7, 11) is 1.62. The topological polar surface area (TPSA) is 59.9 Å². The zero-order chi connectivity index (χ0) is 17.2. The third kappa shape index (κ3) is 5.61. The van der Waals surface area contributed by atoms with E-state index in [1.54, 1.807) is 19.3 Å². The van der Waals surface area contributed by atoms with Crippen molar-refractivity contribution in [3.05, 3.63) is 65.7 Å². The molecule has 0 fully saturated rings. The molecular formula is C19H20N2O3. The average Bonchev–Trinajstić information content (AvgIpc) is 2.60. The standard InChI is InChI=1S/C19H20N2O3/c1-15-7-5-10-17(13-15)24-14-19(22)21-20-12-6-9-16-8-3-4-11-18(16)23-2/h3-13H,14H2,1-2H3,(H,21,22)/b9-6+,20-12-. The Bertz CT molecular complexity index is 739. The number of para-hydroxylation sites is 1. The van der Waals surface area contributed by atoms with Gasteiger partial charge in [0.15, 0.2) is 6.61 Å². The van der Waals surface area contributed by atoms with Crippen molar-refractivity contribution in [2.75, 3.05) is 13.7 Å². The van der Waals surface area contributed by atoms with Gasteiger partial charge < -0.3 is 9.47 Å². The lowest BCUT2D eigenvalue weighted by molar-refractivity contribution is -0.123. The molecule has 124 valence electrons. The van der Waals surface area contributed by atoms with Gasteiger partial charge in [-0.15, -0.1) is 0 Å². The van der Waals surface area contributed by atoms with Gasteiger partial charge in [0, 0.05) is 11.8 Å². The van der Waals surface area contributed by atoms with Crippen molar-refractivity contribution in [1.29, 1.82) is 0 Å². The number of allylic oxidation sites excluding steroid dienone is 1. The number of amides is 1. The van der Waals surface area contributed by atoms with Crippen LogP contribution in [0.1, 0.15) is 11.1 Å². The van der Waals surface area contributed by atoms with E-state index in [1.807, 2.05) is 55.5 Å². The molecule has 0 unspecified atom stereocenters. The number of rotatable bonds is 7. The van der Waals surface area contributed by atoms with E-state index in [0.717, 1.165) is 16.9 Å². The molecule has 0 bridgehead atoms. The van der Waals surface area contributed by atoms with Crippen molar-refractivity contribution in [3.8, 4) is 11.5 Å². The Balaban J connectivity index is 1.77. The number of benzene rings is 2. The fourth-order valence-corrected chi connectivity index (χ4v) is 1.99. The summed E-state index contributed by atoms with van der Waals surface area (Å²) in [5.41, 5.74) is 4.41. The molecule has 0 aliphatic carbocycles. The first-order chi connectivity index (χ1) is 11.7. The molecule has 0 heterocycles. The van der Waals surface area contributed by atoms with Crippen LogP contribution in [-0.4, -0.2) is 25.8 Å². The van der Waals surface area contributed by atoms with E-state index in [4.69, 9.17) is 9.47 Å². The number of hydrazone groups is 1. The third-order valence-corrected chi connectivity index (χ3v) is 3.12. The summed E-state index contributed by atoms with van der Waals surface area (Å²) >= 11 is 0. The second-order valence-corrected chi connectivity index (χ2v) is 5.02. The van der Waals surface area contributed by atoms with Crippen LogP contribution in [-0.2, 0) is 4.79 Å². The number of ether oxygens (including phenoxy) is 2. The number of nitrogens with zero attached hydrogens (tertiary/aromatic N) is 1. The van der Waals surface area contributed by atoms with Gasteiger partial charge in [0.25, 0.3) is 5.91 Å². The van der Waals surface area contributed by atoms with Crippen LogP contribution in [0.15, 0.2) is 59.7 Å². The van der Waals surface area contributed by atoms with Crippen molar-refractivity contribution < 1.29 is 14.3 Å². The monoisotopic (exact) mass is 324 g/mol. The maximum absolute atomic E-state index is 11.6. The lowest BCUT2D eigenvalue weighted by Gasteiger charge is -2.05. The van der Waals surface area contributed by atoms with Crippen LogP contribution in [0.5, 0.6) is 11.5 Å². The normalized spacial score (nSPS) is 10.9. The first-order valence-electron chi connectivity index (χ1n) is 7.50. The van der Waals surface area contributed by atoms with Crippen LogP contribution in [0.25, 0.3) is 6.08 Å². The molecule has 0 aromatic heterocycles. The summed E-state index contributed by atoms with van der Waals surface area (Å²) in [4.78, 5) is 11.6. The Morgan fingerprint density at radius 3 is 2.83 bits per heavy atom. The molecule has 0 spiro atoms. The molecule has 0 atom stereocenters. The third-order valence-electron chi connectivity index (χ3n) is 3.12. The quantitative estimate of drug-likeness (QED) is 0.628. The van der Waals surface area contributed by atoms with Crippen molar-refractivity contribution in [1.82, 2.24) is 5.43 Å². The Morgan fingerprint density at radius 1 is 1.21 bits per heavy atom. The van der Waals surface area contributed by atoms with Gasteiger partial charge in [0.1, 0.15) is 11.5 Å². The van der Waals surface area contributed by atoms with E-state index < -0.39 is 0 Å². The minimum Gasteiger partial charge on any atom is -0.496 e. The zero-order valence-corrected chi connectivity index (χ0v) is 13.7. The van der Waals surface area contributed by atoms with Crippen LogP contribution in [0.3, 0.4) is 0 Å². The Kier molecular flexibility index (Phi) is 6.58. The predicted octanol–water partition coefficient (Wildman–Crippen LogP) is 3.20. The molecule has 2 aromatic rings. The van der Waals surface area contributed by atoms with Crippen molar-refractivity contribution >= 4 is 18.2 Å². The Hall–Kier alpha value is -3.08. The van der Waals surface area contributed by atoms with Gasteiger partial charge in [-0.1, -0.05) is 30.3 Å². The highest BCUT2D eigenvalue weighted by Gasteiger charge is 2.01. The number of nitrogens with one attached hydrogen (secondary N) is 1. The largest absolute Gasteiger partial charge is 0.496 e. The van der Waals surface area contributed by atoms with Crippen LogP contribution in [0.2, 0.25) is 0 Å². The van der Waals surface area contributed by atoms with Crippen LogP contribution < -0.4 is 14.9 Å². The van der Waals surface area contributed by atoms with Gasteiger partial charge in [-0.25, -0.2) is 5.43 Å². The number of carbonyl (C=O) groups is 1. The van der Waals surface area contributed by atoms with E-state index in [0.29, 0.717) is 5.75 Å². The SMILES string of the molecule is COc1ccccc1/C=C/C=N\NC(=O)COc1cccc(C)c1. The summed E-state index contributed by atoms with van der Waals surface area (Å²) < 4.78 is 10.6. The first-order valence-corrected chi connectivity index (χ1v) is 7.50. The van der Waals surface area contributed by atoms with Crippen molar-refractivity contribution in [2.45, 2.75) is 6.92 Å². The molecule has 0 aliphatic rings. The number of aryl methyl sites for hydroxylation is 1. The first kappa shape index (κ1) is 17.3. The lowest BCUT2D eigenvalue weighted by Crippen LogP contribution is -2.24. The molecule has 2 aromatic carbocycles. The fourth-order valence-electron chi connectivity index (χ4n) is 1.99. The molecular weight excluding hydrogens is 304 g/mol. The Morgan fingerprint density at radius 2 is 2.04 bits per heavy atom. The smallest absolute Gasteiger partial charge is 0.277 e. The second kappa shape index (κ2) is 9.15. The highest BCUT2D eigenvalue weighted by molar-refractivity contribution is 5.82. The highest BCUT2D eigenvalue weighted by Crippen LogP contribution is 2.18. The maximum Gasteiger partial charge on any atom is 0.277 e. The molecule has 0 aliphatic heterocycles. The van der Waals surface area contributed by atoms with Crippen LogP contribution >= 0.6 is 0 Å². The molecule has 0 saturated carbocycles. The molecule has 24 heavy (non-hydrogen) atoms. The van der Waals surface area contributed by atoms with Gasteiger partial charge in [0.05, 0.1) is 7.11 Å². The van der Waals surface area contributed by atoms with E-state index in [2.05, 4.69) is 10.5 Å². The molecule has 2 rings (SSSR count). The van der Waals surface area contributed by atoms with Gasteiger partial charge in [0.2, 0.25) is 0 Å². The molecule has 5 nitrogen and oxygen atoms in total. The minimum atomic E-state index is -0.321. The van der Waals surface area contributed by atoms with Gasteiger partial charge in [-0.2, -0.15) is 5.10 Å². The summed E-state index contributed by atoms with van der Waals surface area (Å²) in [6, 6.07) is 15.1. The zero-order valence-electron chi connectivity index (χ0n) is 13.7. The summed E-state index contributed by atoms with van der Waals surface area (Å²) in [6.07, 6.45) is 5.06. The lowest BCUT2D eigenvalue weighted by atomic mass is 10.2. The summed E-state index contributed by atoms with van der Waals surface area (Å²) in [5, 5.41) is 3.84. The minimum absolute atomic E-state index is 0.0863. The predicted molar refractivity (Wildman–Crippen MR) is 95.3 cm³/mol. The maximum atomic E-state index is 11.6. The molecule has 5 heteroatoms. The van der Waals surface area contributed by atoms with Crippen LogP contribution in [0, 0.1) is 6.92 Å². The summed E-state index contributed by atoms with van der Waals surface area (Å²) in [5.74, 6) is 1.11. The summed E-state index contributed by atoms with van der Waals surface area (Å²) in [6.45, 7) is 1.88. The second-order valence-electron chi connectivity index (χ2n) is 5.02. The van der Waals surface area contributed by atoms with Crippen molar-refractivity contribution in [3.63, 3.8) is 0 Å². The number of hydrogen-bond donors (Lipinski definition) is 1. The van der Waals surface area contributed by atoms with E-state index in [1.165, 1.54) is 6.21 Å². The van der Waals surface area contributed by atoms with Crippen LogP contribution in [0.4, 0.5) is 0 Å². The molecule has 1 N–H and O–H groups in total. The molecule has 0 radical (unpaired) electrons.